The Morgan fingerprint density at radius 3 is 2.71 bits per heavy atom. The summed E-state index contributed by atoms with van der Waals surface area (Å²) in [7, 11) is 0. The fourth-order valence-corrected chi connectivity index (χ4v) is 4.11. The van der Waals surface area contributed by atoms with Gasteiger partial charge in [0.15, 0.2) is 0 Å². The number of halogens is 4. The summed E-state index contributed by atoms with van der Waals surface area (Å²) in [4.78, 5) is 16.6. The second-order valence-electron chi connectivity index (χ2n) is 8.68. The molecular formula is C24H25F4N5O2. The van der Waals surface area contributed by atoms with Crippen molar-refractivity contribution in [3.05, 3.63) is 77.0 Å². The zero-order chi connectivity index (χ0) is 25.3. The highest BCUT2D eigenvalue weighted by Gasteiger charge is 2.36. The molecule has 3 heterocycles. The lowest BCUT2D eigenvalue weighted by Crippen LogP contribution is -2.57. The Kier molecular flexibility index (Phi) is 6.70. The number of pyridine rings is 1. The lowest BCUT2D eigenvalue weighted by molar-refractivity contribution is -0.137. The van der Waals surface area contributed by atoms with Crippen molar-refractivity contribution in [3.8, 4) is 0 Å². The third kappa shape index (κ3) is 5.24. The number of nitrogens with zero attached hydrogens (tertiary/aromatic N) is 2. The number of allylic oxidation sites excluding steroid dienone is 1. The van der Waals surface area contributed by atoms with Crippen LogP contribution in [0.25, 0.3) is 0 Å². The summed E-state index contributed by atoms with van der Waals surface area (Å²) in [5.74, 6) is -2.26. The Labute approximate surface area is 199 Å². The van der Waals surface area contributed by atoms with Gasteiger partial charge >= 0.3 is 12.1 Å². The number of rotatable bonds is 5. The molecule has 7 nitrogen and oxygen atoms in total. The van der Waals surface area contributed by atoms with Crippen molar-refractivity contribution < 1.29 is 27.5 Å². The predicted octanol–water partition coefficient (Wildman–Crippen LogP) is 4.53. The summed E-state index contributed by atoms with van der Waals surface area (Å²) in [6, 6.07) is 6.03. The van der Waals surface area contributed by atoms with E-state index in [1.165, 1.54) is 29.3 Å². The van der Waals surface area contributed by atoms with Crippen molar-refractivity contribution in [3.63, 3.8) is 0 Å². The number of hydrogen-bond donors (Lipinski definition) is 4. The van der Waals surface area contributed by atoms with Gasteiger partial charge < -0.3 is 20.6 Å². The van der Waals surface area contributed by atoms with Crippen LogP contribution >= 0.6 is 0 Å². The fourth-order valence-electron chi connectivity index (χ4n) is 4.11. The number of benzene rings is 1. The lowest BCUT2D eigenvalue weighted by atomic mass is 10.00. The van der Waals surface area contributed by atoms with Gasteiger partial charge in [-0.05, 0) is 54.3 Å². The molecule has 2 aliphatic rings. The quantitative estimate of drug-likeness (QED) is 0.457. The summed E-state index contributed by atoms with van der Waals surface area (Å²) in [6.07, 6.45) is -0.186. The molecular weight excluding hydrogens is 466 g/mol. The van der Waals surface area contributed by atoms with Gasteiger partial charge in [0.2, 0.25) is 0 Å². The van der Waals surface area contributed by atoms with Crippen LogP contribution in [0, 0.1) is 11.7 Å². The minimum atomic E-state index is -4.55. The Morgan fingerprint density at radius 1 is 1.29 bits per heavy atom. The molecule has 0 aliphatic carbocycles. The molecule has 1 aromatic carbocycles. The van der Waals surface area contributed by atoms with E-state index in [1.807, 2.05) is 13.8 Å². The maximum atomic E-state index is 14.2. The molecule has 35 heavy (non-hydrogen) atoms. The van der Waals surface area contributed by atoms with Crippen LogP contribution < -0.4 is 20.9 Å². The van der Waals surface area contributed by atoms with E-state index >= 15 is 0 Å². The minimum Gasteiger partial charge on any atom is -0.478 e. The highest BCUT2D eigenvalue weighted by atomic mass is 19.4. The van der Waals surface area contributed by atoms with Crippen LogP contribution in [-0.2, 0) is 6.18 Å². The number of carboxylic acids is 1. The second kappa shape index (κ2) is 9.57. The average molecular weight is 491 g/mol. The van der Waals surface area contributed by atoms with E-state index < -0.39 is 35.3 Å². The predicted molar refractivity (Wildman–Crippen MR) is 123 cm³/mol. The van der Waals surface area contributed by atoms with Gasteiger partial charge in [-0.25, -0.2) is 14.2 Å². The molecule has 2 aliphatic heterocycles. The van der Waals surface area contributed by atoms with Gasteiger partial charge in [-0.2, -0.15) is 13.2 Å². The normalized spacial score (nSPS) is 20.4. The monoisotopic (exact) mass is 491 g/mol. The zero-order valence-corrected chi connectivity index (χ0v) is 19.0. The summed E-state index contributed by atoms with van der Waals surface area (Å²) in [5, 5.41) is 19.1. The Morgan fingerprint density at radius 2 is 2.06 bits per heavy atom. The SMILES string of the molecule is CC(C)C1NC2=C(CCN(c3ncccc3C(F)(F)F)C=C2)C(Nc2ccc(C(=O)O)c(F)c2)N1. The Balaban J connectivity index is 1.63. The first-order valence-electron chi connectivity index (χ1n) is 11.1. The highest BCUT2D eigenvalue weighted by Crippen LogP contribution is 2.36. The van der Waals surface area contributed by atoms with Crippen molar-refractivity contribution in [1.29, 1.82) is 0 Å². The maximum absolute atomic E-state index is 14.2. The molecule has 0 amide bonds. The number of alkyl halides is 3. The van der Waals surface area contributed by atoms with Crippen LogP contribution in [0.4, 0.5) is 29.1 Å². The Hall–Kier alpha value is -3.60. The Bertz CT molecular complexity index is 1180. The van der Waals surface area contributed by atoms with E-state index in [0.717, 1.165) is 23.4 Å². The van der Waals surface area contributed by atoms with Gasteiger partial charge in [0, 0.05) is 30.3 Å². The van der Waals surface area contributed by atoms with Gasteiger partial charge in [-0.3, -0.25) is 5.32 Å². The van der Waals surface area contributed by atoms with Crippen LogP contribution in [0.15, 0.2) is 60.1 Å². The number of nitrogens with one attached hydrogen (secondary N) is 3. The van der Waals surface area contributed by atoms with Crippen LogP contribution in [0.5, 0.6) is 0 Å². The van der Waals surface area contributed by atoms with Crippen molar-refractivity contribution in [2.75, 3.05) is 16.8 Å². The van der Waals surface area contributed by atoms with Crippen LogP contribution in [0.3, 0.4) is 0 Å². The van der Waals surface area contributed by atoms with Crippen LogP contribution in [0.1, 0.15) is 36.2 Å². The maximum Gasteiger partial charge on any atom is 0.419 e. The van der Waals surface area contributed by atoms with Crippen LogP contribution in [0.2, 0.25) is 0 Å². The molecule has 186 valence electrons. The van der Waals surface area contributed by atoms with E-state index in [-0.39, 0.29) is 24.4 Å². The third-order valence-electron chi connectivity index (χ3n) is 5.94. The fraction of sp³-hybridized carbons (Fsp3) is 0.333. The molecule has 0 radical (unpaired) electrons. The van der Waals surface area contributed by atoms with E-state index in [2.05, 4.69) is 20.9 Å². The molecule has 11 heteroatoms. The van der Waals surface area contributed by atoms with Gasteiger partial charge in [0.25, 0.3) is 0 Å². The number of aromatic nitrogens is 1. The first kappa shape index (κ1) is 24.5. The molecule has 4 N–H and O–H groups in total. The molecule has 0 fully saturated rings. The minimum absolute atomic E-state index is 0.153. The first-order valence-corrected chi connectivity index (χ1v) is 11.1. The van der Waals surface area contributed by atoms with E-state index in [0.29, 0.717) is 12.1 Å². The molecule has 2 unspecified atom stereocenters. The van der Waals surface area contributed by atoms with E-state index in [1.54, 1.807) is 12.3 Å². The van der Waals surface area contributed by atoms with Crippen molar-refractivity contribution >= 4 is 17.5 Å². The molecule has 0 saturated carbocycles. The first-order chi connectivity index (χ1) is 16.5. The highest BCUT2D eigenvalue weighted by molar-refractivity contribution is 5.88. The van der Waals surface area contributed by atoms with Crippen molar-refractivity contribution in [2.24, 2.45) is 5.92 Å². The number of anilines is 2. The lowest BCUT2D eigenvalue weighted by Gasteiger charge is -2.38. The average Bonchev–Trinajstić information content (AvgIpc) is 3.01. The topological polar surface area (TPSA) is 89.5 Å². The van der Waals surface area contributed by atoms with Gasteiger partial charge in [-0.1, -0.05) is 13.8 Å². The van der Waals surface area contributed by atoms with Gasteiger partial charge in [-0.15, -0.1) is 0 Å². The zero-order valence-electron chi connectivity index (χ0n) is 19.0. The number of hydrogen-bond acceptors (Lipinski definition) is 6. The number of aromatic carboxylic acids is 1. The summed E-state index contributed by atoms with van der Waals surface area (Å²) < 4.78 is 54.9. The third-order valence-corrected chi connectivity index (χ3v) is 5.94. The summed E-state index contributed by atoms with van der Waals surface area (Å²) >= 11 is 0. The van der Waals surface area contributed by atoms with E-state index in [9.17, 15) is 22.4 Å². The molecule has 4 rings (SSSR count). The molecule has 1 aromatic heterocycles. The number of carbonyl (C=O) groups is 1. The summed E-state index contributed by atoms with van der Waals surface area (Å²) in [5.41, 5.74) is 0.704. The molecule has 2 atom stereocenters. The van der Waals surface area contributed by atoms with Crippen molar-refractivity contribution in [1.82, 2.24) is 15.6 Å². The molecule has 0 bridgehead atoms. The smallest absolute Gasteiger partial charge is 0.419 e. The summed E-state index contributed by atoms with van der Waals surface area (Å²) in [6.45, 7) is 4.24. The van der Waals surface area contributed by atoms with Crippen LogP contribution in [-0.4, -0.2) is 34.9 Å². The van der Waals surface area contributed by atoms with Crippen molar-refractivity contribution in [2.45, 2.75) is 38.8 Å². The van der Waals surface area contributed by atoms with E-state index in [4.69, 9.17) is 5.11 Å². The number of carboxylic acid groups (broad SMARTS) is 1. The van der Waals surface area contributed by atoms with Gasteiger partial charge in [0.1, 0.15) is 17.8 Å². The largest absolute Gasteiger partial charge is 0.478 e. The molecule has 2 aromatic rings. The second-order valence-corrected chi connectivity index (χ2v) is 8.68. The molecule has 0 spiro atoms. The molecule has 0 saturated heterocycles. The van der Waals surface area contributed by atoms with Gasteiger partial charge in [0.05, 0.1) is 17.3 Å². The standard InChI is InChI=1S/C24H25F4N5O2/c1-13(2)20-31-19-8-11-33(22-17(24(26,27)28)4-3-9-29-22)10-7-16(19)21(32-20)30-14-5-6-15(23(34)35)18(25)12-14/h3-6,8-9,11-13,20-21,30-32H,7,10H2,1-2H3,(H,34,35).